The van der Waals surface area contributed by atoms with Crippen molar-refractivity contribution in [3.05, 3.63) is 36.0 Å². The van der Waals surface area contributed by atoms with E-state index < -0.39 is 79.2 Å². The van der Waals surface area contributed by atoms with Crippen molar-refractivity contribution >= 4 is 46.5 Å². The van der Waals surface area contributed by atoms with Crippen molar-refractivity contribution in [1.82, 2.24) is 20.9 Å². The van der Waals surface area contributed by atoms with Crippen molar-refractivity contribution in [1.29, 1.82) is 0 Å². The van der Waals surface area contributed by atoms with Crippen LogP contribution in [0.15, 0.2) is 30.5 Å². The van der Waals surface area contributed by atoms with E-state index >= 15 is 0 Å². The lowest BCUT2D eigenvalue weighted by atomic mass is 10.0. The average molecular weight is 521 g/mol. The SMILES string of the molecule is NC(Cc1c[nH]c2ccccc12)C(=O)NC(CC(=O)O)C(=O)NC(CO)C(=O)NC(CC(=O)O)C(=O)O. The summed E-state index contributed by atoms with van der Waals surface area (Å²) in [6, 6.07) is 0.765. The van der Waals surface area contributed by atoms with E-state index in [4.69, 9.17) is 21.1 Å². The minimum Gasteiger partial charge on any atom is -0.481 e. The van der Waals surface area contributed by atoms with Gasteiger partial charge in [-0.1, -0.05) is 18.2 Å². The third-order valence-electron chi connectivity index (χ3n) is 5.27. The predicted molar refractivity (Wildman–Crippen MR) is 125 cm³/mol. The maximum atomic E-state index is 12.7. The van der Waals surface area contributed by atoms with Gasteiger partial charge >= 0.3 is 17.9 Å². The number of H-pyrrole nitrogens is 1. The molecule has 0 bridgehead atoms. The van der Waals surface area contributed by atoms with Gasteiger partial charge in [0.15, 0.2) is 0 Å². The summed E-state index contributed by atoms with van der Waals surface area (Å²) in [6.45, 7) is -1.04. The van der Waals surface area contributed by atoms with Crippen molar-refractivity contribution in [2.75, 3.05) is 6.61 Å². The van der Waals surface area contributed by atoms with Gasteiger partial charge in [0.05, 0.1) is 25.5 Å². The van der Waals surface area contributed by atoms with E-state index in [1.807, 2.05) is 28.8 Å². The normalized spacial score (nSPS) is 14.1. The van der Waals surface area contributed by atoms with Gasteiger partial charge in [-0.25, -0.2) is 4.79 Å². The van der Waals surface area contributed by atoms with Crippen molar-refractivity contribution in [3.8, 4) is 0 Å². The van der Waals surface area contributed by atoms with Crippen LogP contribution in [0.3, 0.4) is 0 Å². The number of amides is 3. The maximum absolute atomic E-state index is 12.7. The van der Waals surface area contributed by atoms with Crippen LogP contribution in [0.1, 0.15) is 18.4 Å². The number of carbonyl (C=O) groups excluding carboxylic acids is 3. The molecule has 15 nitrogen and oxygen atoms in total. The van der Waals surface area contributed by atoms with E-state index in [1.165, 1.54) is 0 Å². The summed E-state index contributed by atoms with van der Waals surface area (Å²) >= 11 is 0. The number of aromatic amines is 1. The lowest BCUT2D eigenvalue weighted by molar-refractivity contribution is -0.147. The first-order valence-electron chi connectivity index (χ1n) is 10.9. The van der Waals surface area contributed by atoms with Crippen LogP contribution < -0.4 is 21.7 Å². The summed E-state index contributed by atoms with van der Waals surface area (Å²) in [6.07, 6.45) is -0.148. The molecule has 2 aromatic rings. The zero-order valence-electron chi connectivity index (χ0n) is 19.3. The molecule has 0 aliphatic rings. The minimum atomic E-state index is -1.85. The maximum Gasteiger partial charge on any atom is 0.326 e. The first kappa shape index (κ1) is 28.7. The highest BCUT2D eigenvalue weighted by atomic mass is 16.4. The number of nitrogens with two attached hydrogens (primary N) is 1. The fourth-order valence-corrected chi connectivity index (χ4v) is 3.41. The number of fused-ring (bicyclic) bond motifs is 1. The number of hydrogen-bond acceptors (Lipinski definition) is 8. The molecule has 1 heterocycles. The Bertz CT molecular complexity index is 1180. The van der Waals surface area contributed by atoms with E-state index in [0.29, 0.717) is 5.56 Å². The smallest absolute Gasteiger partial charge is 0.326 e. The molecule has 1 aromatic heterocycles. The molecule has 0 saturated heterocycles. The van der Waals surface area contributed by atoms with Crippen LogP contribution in [0, 0.1) is 0 Å². The highest BCUT2D eigenvalue weighted by Gasteiger charge is 2.32. The molecule has 4 unspecified atom stereocenters. The van der Waals surface area contributed by atoms with E-state index in [-0.39, 0.29) is 6.42 Å². The predicted octanol–water partition coefficient (Wildman–Crippen LogP) is -2.48. The number of carboxylic acids is 3. The van der Waals surface area contributed by atoms with E-state index in [1.54, 1.807) is 12.3 Å². The van der Waals surface area contributed by atoms with Crippen molar-refractivity contribution in [2.24, 2.45) is 5.73 Å². The fraction of sp³-hybridized carbons (Fsp3) is 0.364. The number of carboxylic acid groups (broad SMARTS) is 3. The minimum absolute atomic E-state index is 0.0546. The molecule has 37 heavy (non-hydrogen) atoms. The Balaban J connectivity index is 2.07. The summed E-state index contributed by atoms with van der Waals surface area (Å²) in [5.41, 5.74) is 7.49. The quantitative estimate of drug-likeness (QED) is 0.126. The van der Waals surface area contributed by atoms with Crippen LogP contribution in [0.2, 0.25) is 0 Å². The highest BCUT2D eigenvalue weighted by Crippen LogP contribution is 2.18. The molecule has 0 spiro atoms. The van der Waals surface area contributed by atoms with Crippen LogP contribution in [0.5, 0.6) is 0 Å². The zero-order valence-corrected chi connectivity index (χ0v) is 19.3. The van der Waals surface area contributed by atoms with E-state index in [0.717, 1.165) is 10.9 Å². The van der Waals surface area contributed by atoms with E-state index in [2.05, 4.69) is 10.3 Å². The Morgan fingerprint density at radius 1 is 0.811 bits per heavy atom. The summed E-state index contributed by atoms with van der Waals surface area (Å²) in [4.78, 5) is 73.8. The number of para-hydroxylation sites is 1. The second kappa shape index (κ2) is 13.0. The van der Waals surface area contributed by atoms with Gasteiger partial charge in [-0.3, -0.25) is 24.0 Å². The van der Waals surface area contributed by atoms with Crippen molar-refractivity contribution in [2.45, 2.75) is 43.4 Å². The molecule has 0 aliphatic carbocycles. The first-order chi connectivity index (χ1) is 17.4. The van der Waals surface area contributed by atoms with Crippen LogP contribution in [0.25, 0.3) is 10.9 Å². The van der Waals surface area contributed by atoms with Crippen LogP contribution in [0.4, 0.5) is 0 Å². The summed E-state index contributed by atoms with van der Waals surface area (Å²) in [7, 11) is 0. The number of carbonyl (C=O) groups is 6. The van der Waals surface area contributed by atoms with Gasteiger partial charge < -0.3 is 47.1 Å². The Kier molecular flexibility index (Phi) is 10.1. The average Bonchev–Trinajstić information content (AvgIpc) is 3.23. The number of hydrogen-bond donors (Lipinski definition) is 9. The molecule has 1 aromatic carbocycles. The largest absolute Gasteiger partial charge is 0.481 e. The molecule has 15 heteroatoms. The van der Waals surface area contributed by atoms with Gasteiger partial charge in [0.25, 0.3) is 0 Å². The molecule has 200 valence electrons. The molecule has 10 N–H and O–H groups in total. The second-order valence-electron chi connectivity index (χ2n) is 8.07. The highest BCUT2D eigenvalue weighted by molar-refractivity contribution is 5.96. The van der Waals surface area contributed by atoms with Gasteiger partial charge in [0, 0.05) is 17.1 Å². The topological polar surface area (TPSA) is 261 Å². The molecule has 4 atom stereocenters. The van der Waals surface area contributed by atoms with Crippen LogP contribution >= 0.6 is 0 Å². The number of aliphatic hydroxyl groups excluding tert-OH is 1. The Hall–Kier alpha value is -4.50. The molecule has 3 amide bonds. The number of benzene rings is 1. The Labute approximate surface area is 209 Å². The van der Waals surface area contributed by atoms with Gasteiger partial charge in [0.1, 0.15) is 18.1 Å². The fourth-order valence-electron chi connectivity index (χ4n) is 3.41. The van der Waals surface area contributed by atoms with Crippen LogP contribution in [-0.2, 0) is 35.2 Å². The third-order valence-corrected chi connectivity index (χ3v) is 5.27. The number of aliphatic hydroxyl groups is 1. The second-order valence-corrected chi connectivity index (χ2v) is 8.07. The van der Waals surface area contributed by atoms with E-state index in [9.17, 15) is 33.9 Å². The molecule has 0 saturated carbocycles. The van der Waals surface area contributed by atoms with Gasteiger partial charge in [-0.05, 0) is 18.1 Å². The van der Waals surface area contributed by atoms with Crippen LogP contribution in [-0.4, -0.2) is 91.8 Å². The number of aromatic nitrogens is 1. The lowest BCUT2D eigenvalue weighted by Crippen LogP contribution is -2.58. The first-order valence-corrected chi connectivity index (χ1v) is 10.9. The third kappa shape index (κ3) is 8.29. The van der Waals surface area contributed by atoms with Crippen molar-refractivity contribution < 1.29 is 49.2 Å². The monoisotopic (exact) mass is 521 g/mol. The lowest BCUT2D eigenvalue weighted by Gasteiger charge is -2.23. The molecule has 0 aliphatic heterocycles. The van der Waals surface area contributed by atoms with Crippen molar-refractivity contribution in [3.63, 3.8) is 0 Å². The molecular formula is C22H27N5O10. The Morgan fingerprint density at radius 2 is 1.35 bits per heavy atom. The summed E-state index contributed by atoms with van der Waals surface area (Å²) in [5.74, 6) is -7.92. The molecule has 0 radical (unpaired) electrons. The summed E-state index contributed by atoms with van der Waals surface area (Å²) < 4.78 is 0. The number of rotatable bonds is 14. The molecular weight excluding hydrogens is 494 g/mol. The zero-order chi connectivity index (χ0) is 27.7. The molecule has 2 rings (SSSR count). The molecule has 0 fully saturated rings. The van der Waals surface area contributed by atoms with Gasteiger partial charge in [-0.15, -0.1) is 0 Å². The van der Waals surface area contributed by atoms with Gasteiger partial charge in [-0.2, -0.15) is 0 Å². The Morgan fingerprint density at radius 3 is 1.95 bits per heavy atom. The standard InChI is InChI=1S/C22H27N5O10/c23-12(5-10-8-24-13-4-2-1-3-11(10)13)19(33)25-14(6-17(29)30)20(34)27-16(9-28)21(35)26-15(22(36)37)7-18(31)32/h1-4,8,12,14-16,24,28H,5-7,9,23H2,(H,25,33)(H,26,35)(H,27,34)(H,29,30)(H,31,32)(H,36,37). The summed E-state index contributed by atoms with van der Waals surface area (Å²) in [5, 5.41) is 43.4. The number of nitrogens with one attached hydrogen (secondary N) is 4. The number of aliphatic carboxylic acids is 3. The van der Waals surface area contributed by atoms with Gasteiger partial charge in [0.2, 0.25) is 17.7 Å².